The minimum absolute atomic E-state index is 0.249. The van der Waals surface area contributed by atoms with Crippen molar-refractivity contribution in [2.45, 2.75) is 44.4 Å². The first kappa shape index (κ1) is 16.8. The number of benzene rings is 1. The lowest BCUT2D eigenvalue weighted by Crippen LogP contribution is -2.19. The van der Waals surface area contributed by atoms with Gasteiger partial charge >= 0.3 is 6.18 Å². The molecule has 0 aliphatic heterocycles. The van der Waals surface area contributed by atoms with E-state index in [9.17, 15) is 13.2 Å². The summed E-state index contributed by atoms with van der Waals surface area (Å²) in [7, 11) is 0. The van der Waals surface area contributed by atoms with E-state index in [1.54, 1.807) is 0 Å². The van der Waals surface area contributed by atoms with Crippen LogP contribution in [0.4, 0.5) is 13.2 Å². The molecule has 1 fully saturated rings. The molecule has 0 atom stereocenters. The number of rotatable bonds is 3. The van der Waals surface area contributed by atoms with E-state index in [1.807, 2.05) is 6.07 Å². The predicted octanol–water partition coefficient (Wildman–Crippen LogP) is 6.91. The molecule has 0 N–H and O–H groups in total. The summed E-state index contributed by atoms with van der Waals surface area (Å²) >= 11 is 4.96. The molecule has 0 radical (unpaired) electrons. The molecular formula is C17H16BrF3OS. The van der Waals surface area contributed by atoms with Crippen molar-refractivity contribution in [1.82, 2.24) is 0 Å². The molecule has 0 spiro atoms. The molecule has 1 aliphatic rings. The third-order valence-corrected chi connectivity index (χ3v) is 5.90. The maximum absolute atomic E-state index is 12.6. The fraction of sp³-hybridized carbons (Fsp3) is 0.412. The monoisotopic (exact) mass is 404 g/mol. The molecule has 0 amide bonds. The minimum Gasteiger partial charge on any atom is -0.480 e. The summed E-state index contributed by atoms with van der Waals surface area (Å²) in [4.78, 5) is 0.899. The van der Waals surface area contributed by atoms with E-state index in [2.05, 4.69) is 15.9 Å². The third kappa shape index (κ3) is 4.10. The first-order valence-electron chi connectivity index (χ1n) is 7.57. The van der Waals surface area contributed by atoms with E-state index in [0.29, 0.717) is 0 Å². The molecule has 23 heavy (non-hydrogen) atoms. The van der Waals surface area contributed by atoms with Crippen LogP contribution >= 0.6 is 27.3 Å². The summed E-state index contributed by atoms with van der Waals surface area (Å²) in [6.45, 7) is 0. The summed E-state index contributed by atoms with van der Waals surface area (Å²) < 4.78 is 44.8. The van der Waals surface area contributed by atoms with E-state index in [1.165, 1.54) is 42.7 Å². The van der Waals surface area contributed by atoms with Gasteiger partial charge in [0.2, 0.25) is 0 Å². The Hall–Kier alpha value is -1.01. The first-order valence-corrected chi connectivity index (χ1v) is 9.18. The van der Waals surface area contributed by atoms with Gasteiger partial charge in [0, 0.05) is 4.88 Å². The molecular weight excluding hydrogens is 389 g/mol. The SMILES string of the molecule is FC(F)(F)c1ccc(-c2cc(Br)c(OC3CCCCC3)s2)cc1. The van der Waals surface area contributed by atoms with Crippen molar-refractivity contribution < 1.29 is 17.9 Å². The minimum atomic E-state index is -4.30. The number of thiophene rings is 1. The molecule has 0 saturated heterocycles. The topological polar surface area (TPSA) is 9.23 Å². The van der Waals surface area contributed by atoms with Gasteiger partial charge < -0.3 is 4.74 Å². The number of hydrogen-bond acceptors (Lipinski definition) is 2. The summed E-state index contributed by atoms with van der Waals surface area (Å²) in [6.07, 6.45) is 1.74. The Bertz CT molecular complexity index is 657. The van der Waals surface area contributed by atoms with Crippen LogP contribution in [0.2, 0.25) is 0 Å². The van der Waals surface area contributed by atoms with Gasteiger partial charge in [-0.1, -0.05) is 29.9 Å². The quantitative estimate of drug-likeness (QED) is 0.539. The van der Waals surface area contributed by atoms with Crippen molar-refractivity contribution in [2.75, 3.05) is 0 Å². The lowest BCUT2D eigenvalue weighted by Gasteiger charge is -2.22. The zero-order valence-corrected chi connectivity index (χ0v) is 14.7. The maximum Gasteiger partial charge on any atom is 0.416 e. The number of ether oxygens (including phenoxy) is 1. The Balaban J connectivity index is 1.77. The highest BCUT2D eigenvalue weighted by Gasteiger charge is 2.30. The van der Waals surface area contributed by atoms with E-state index in [4.69, 9.17) is 4.74 Å². The molecule has 124 valence electrons. The molecule has 1 aromatic carbocycles. The summed E-state index contributed by atoms with van der Waals surface area (Å²) in [6, 6.07) is 7.15. The number of alkyl halides is 3. The van der Waals surface area contributed by atoms with Crippen LogP contribution in [-0.4, -0.2) is 6.10 Å². The van der Waals surface area contributed by atoms with Crippen molar-refractivity contribution in [2.24, 2.45) is 0 Å². The van der Waals surface area contributed by atoms with Gasteiger partial charge in [0.1, 0.15) is 0 Å². The average molecular weight is 405 g/mol. The van der Waals surface area contributed by atoms with Gasteiger partial charge in [-0.25, -0.2) is 0 Å². The van der Waals surface area contributed by atoms with E-state index >= 15 is 0 Å². The second kappa shape index (κ2) is 6.85. The van der Waals surface area contributed by atoms with E-state index < -0.39 is 11.7 Å². The molecule has 0 unspecified atom stereocenters. The Kier molecular flexibility index (Phi) is 5.01. The van der Waals surface area contributed by atoms with Crippen LogP contribution in [0.5, 0.6) is 5.06 Å². The van der Waals surface area contributed by atoms with Crippen LogP contribution in [0.15, 0.2) is 34.8 Å². The largest absolute Gasteiger partial charge is 0.480 e. The van der Waals surface area contributed by atoms with Crippen LogP contribution in [0.25, 0.3) is 10.4 Å². The van der Waals surface area contributed by atoms with Crippen LogP contribution < -0.4 is 4.74 Å². The first-order chi connectivity index (χ1) is 10.9. The highest BCUT2D eigenvalue weighted by atomic mass is 79.9. The van der Waals surface area contributed by atoms with Crippen LogP contribution in [0.1, 0.15) is 37.7 Å². The van der Waals surface area contributed by atoms with Gasteiger partial charge in [-0.2, -0.15) is 13.2 Å². The summed E-state index contributed by atoms with van der Waals surface area (Å²) in [5.74, 6) is 0. The zero-order valence-electron chi connectivity index (χ0n) is 12.3. The number of halogens is 4. The molecule has 1 aliphatic carbocycles. The molecule has 1 heterocycles. The Labute approximate surface area is 145 Å². The lowest BCUT2D eigenvalue weighted by molar-refractivity contribution is -0.137. The molecule has 1 aromatic heterocycles. The zero-order chi connectivity index (χ0) is 16.4. The van der Waals surface area contributed by atoms with Gasteiger partial charge in [0.05, 0.1) is 16.1 Å². The fourth-order valence-corrected chi connectivity index (χ4v) is 4.42. The molecule has 0 bridgehead atoms. The molecule has 1 nitrogen and oxygen atoms in total. The molecule has 3 rings (SSSR count). The molecule has 6 heteroatoms. The average Bonchev–Trinajstić information content (AvgIpc) is 2.89. The van der Waals surface area contributed by atoms with Crippen LogP contribution in [0, 0.1) is 0 Å². The Morgan fingerprint density at radius 3 is 2.30 bits per heavy atom. The highest BCUT2D eigenvalue weighted by molar-refractivity contribution is 9.10. The predicted molar refractivity (Wildman–Crippen MR) is 90.0 cm³/mol. The summed E-state index contributed by atoms with van der Waals surface area (Å²) in [5.41, 5.74) is 0.137. The van der Waals surface area contributed by atoms with Gasteiger partial charge in [-0.3, -0.25) is 0 Å². The fourth-order valence-electron chi connectivity index (χ4n) is 2.73. The normalized spacial score (nSPS) is 16.5. The summed E-state index contributed by atoms with van der Waals surface area (Å²) in [5, 5.41) is 0.812. The highest BCUT2D eigenvalue weighted by Crippen LogP contribution is 2.42. The smallest absolute Gasteiger partial charge is 0.416 e. The molecule has 2 aromatic rings. The van der Waals surface area contributed by atoms with Crippen molar-refractivity contribution in [1.29, 1.82) is 0 Å². The van der Waals surface area contributed by atoms with Crippen molar-refractivity contribution in [3.63, 3.8) is 0 Å². The van der Waals surface area contributed by atoms with E-state index in [-0.39, 0.29) is 6.10 Å². The van der Waals surface area contributed by atoms with E-state index in [0.717, 1.165) is 45.0 Å². The van der Waals surface area contributed by atoms with Gasteiger partial charge in [0.15, 0.2) is 5.06 Å². The van der Waals surface area contributed by atoms with Crippen molar-refractivity contribution in [3.8, 4) is 15.5 Å². The van der Waals surface area contributed by atoms with Gasteiger partial charge in [0.25, 0.3) is 0 Å². The second-order valence-electron chi connectivity index (χ2n) is 5.70. The lowest BCUT2D eigenvalue weighted by atomic mass is 9.98. The third-order valence-electron chi connectivity index (χ3n) is 3.98. The van der Waals surface area contributed by atoms with Crippen LogP contribution in [-0.2, 0) is 6.18 Å². The van der Waals surface area contributed by atoms with Gasteiger partial charge in [-0.15, -0.1) is 0 Å². The van der Waals surface area contributed by atoms with Crippen molar-refractivity contribution >= 4 is 27.3 Å². The maximum atomic E-state index is 12.6. The number of hydrogen-bond donors (Lipinski definition) is 0. The Morgan fingerprint density at radius 2 is 1.70 bits per heavy atom. The Morgan fingerprint density at radius 1 is 1.04 bits per heavy atom. The second-order valence-corrected chi connectivity index (χ2v) is 7.57. The molecule has 1 saturated carbocycles. The van der Waals surface area contributed by atoms with Gasteiger partial charge in [-0.05, 0) is 65.4 Å². The standard InChI is InChI=1S/C17H16BrF3OS/c18-14-10-15(11-6-8-12(9-7-11)17(19,20)21)23-16(14)22-13-4-2-1-3-5-13/h6-10,13H,1-5H2. The van der Waals surface area contributed by atoms with Crippen LogP contribution in [0.3, 0.4) is 0 Å². The van der Waals surface area contributed by atoms with Crippen molar-refractivity contribution in [3.05, 3.63) is 40.4 Å².